The van der Waals surface area contributed by atoms with Crippen molar-refractivity contribution in [1.82, 2.24) is 9.88 Å². The molecule has 170 valence electrons. The number of nitrogens with zero attached hydrogens (tertiary/aromatic N) is 1. The van der Waals surface area contributed by atoms with Crippen LogP contribution in [0.1, 0.15) is 15.9 Å². The number of amides is 1. The fraction of sp³-hybridized carbons (Fsp3) is 0.273. The van der Waals surface area contributed by atoms with E-state index in [1.165, 1.54) is 18.3 Å². The molecule has 0 aliphatic carbocycles. The van der Waals surface area contributed by atoms with Gasteiger partial charge in [-0.3, -0.25) is 9.59 Å². The van der Waals surface area contributed by atoms with E-state index in [-0.39, 0.29) is 17.9 Å². The second kappa shape index (κ2) is 9.90. The van der Waals surface area contributed by atoms with Gasteiger partial charge in [0.05, 0.1) is 12.2 Å². The third-order valence-electron chi connectivity index (χ3n) is 4.65. The Labute approximate surface area is 179 Å². The Hall–Kier alpha value is -3.27. The number of aromatic nitrogens is 1. The zero-order valence-electron chi connectivity index (χ0n) is 16.7. The fourth-order valence-corrected chi connectivity index (χ4v) is 3.06. The number of halogens is 5. The lowest BCUT2D eigenvalue weighted by atomic mass is 10.1. The summed E-state index contributed by atoms with van der Waals surface area (Å²) in [6.07, 6.45) is -2.35. The first-order valence-corrected chi connectivity index (χ1v) is 9.57. The SMILES string of the molecule is O=C(NCCOCC(F)(F)C(F)F)C(=O)c1cn(Cc2ccc(F)cc2)c2ccccc12. The standard InChI is InChI=1S/C22H19F5N2O3/c23-15-7-5-14(6-8-15)11-29-12-17(16-3-1-2-4-18(16)29)19(30)20(31)28-9-10-32-13-22(26,27)21(24)25/h1-8,12,21H,9-11,13H2,(H,28,31). The van der Waals surface area contributed by atoms with Crippen molar-refractivity contribution in [3.8, 4) is 0 Å². The van der Waals surface area contributed by atoms with Crippen LogP contribution in [0.5, 0.6) is 0 Å². The van der Waals surface area contributed by atoms with E-state index in [0.29, 0.717) is 17.4 Å². The Kier molecular flexibility index (Phi) is 7.24. The largest absolute Gasteiger partial charge is 0.373 e. The molecule has 0 saturated heterocycles. The highest BCUT2D eigenvalue weighted by atomic mass is 19.3. The monoisotopic (exact) mass is 454 g/mol. The average Bonchev–Trinajstić information content (AvgIpc) is 3.12. The number of fused-ring (bicyclic) bond motifs is 1. The molecule has 0 aliphatic heterocycles. The fourth-order valence-electron chi connectivity index (χ4n) is 3.06. The first-order chi connectivity index (χ1) is 15.2. The molecule has 3 aromatic rings. The number of hydrogen-bond donors (Lipinski definition) is 1. The van der Waals surface area contributed by atoms with Gasteiger partial charge < -0.3 is 14.6 Å². The Bertz CT molecular complexity index is 1100. The van der Waals surface area contributed by atoms with Crippen molar-refractivity contribution in [1.29, 1.82) is 0 Å². The highest BCUT2D eigenvalue weighted by molar-refractivity contribution is 6.45. The van der Waals surface area contributed by atoms with Gasteiger partial charge in [0.2, 0.25) is 0 Å². The van der Waals surface area contributed by atoms with E-state index in [0.717, 1.165) is 5.56 Å². The molecule has 1 amide bonds. The van der Waals surface area contributed by atoms with Crippen molar-refractivity contribution in [2.75, 3.05) is 19.8 Å². The quantitative estimate of drug-likeness (QED) is 0.218. The average molecular weight is 454 g/mol. The number of hydrogen-bond acceptors (Lipinski definition) is 3. The molecule has 0 atom stereocenters. The van der Waals surface area contributed by atoms with Crippen LogP contribution in [0, 0.1) is 5.82 Å². The lowest BCUT2D eigenvalue weighted by Crippen LogP contribution is -2.36. The Morgan fingerprint density at radius 3 is 2.44 bits per heavy atom. The van der Waals surface area contributed by atoms with Crippen molar-refractivity contribution >= 4 is 22.6 Å². The van der Waals surface area contributed by atoms with Crippen molar-refractivity contribution in [2.24, 2.45) is 0 Å². The molecule has 0 bridgehead atoms. The smallest absolute Gasteiger partial charge is 0.330 e. The topological polar surface area (TPSA) is 60.3 Å². The van der Waals surface area contributed by atoms with Crippen molar-refractivity contribution in [3.05, 3.63) is 71.7 Å². The van der Waals surface area contributed by atoms with Gasteiger partial charge in [0, 0.05) is 30.2 Å². The Balaban J connectivity index is 1.66. The summed E-state index contributed by atoms with van der Waals surface area (Å²) in [5.41, 5.74) is 1.60. The molecule has 1 aromatic heterocycles. The molecular weight excluding hydrogens is 435 g/mol. The molecule has 5 nitrogen and oxygen atoms in total. The van der Waals surface area contributed by atoms with Gasteiger partial charge in [0.1, 0.15) is 12.4 Å². The van der Waals surface area contributed by atoms with Gasteiger partial charge in [0.25, 0.3) is 11.7 Å². The second-order valence-electron chi connectivity index (χ2n) is 7.01. The molecule has 32 heavy (non-hydrogen) atoms. The number of benzene rings is 2. The van der Waals surface area contributed by atoms with E-state index in [4.69, 9.17) is 0 Å². The molecule has 2 aromatic carbocycles. The molecule has 3 rings (SSSR count). The normalized spacial score (nSPS) is 11.8. The van der Waals surface area contributed by atoms with E-state index in [1.54, 1.807) is 41.0 Å². The van der Waals surface area contributed by atoms with Crippen molar-refractivity contribution in [3.63, 3.8) is 0 Å². The predicted molar refractivity (Wildman–Crippen MR) is 107 cm³/mol. The number of rotatable bonds is 10. The van der Waals surface area contributed by atoms with Crippen LogP contribution in [0.3, 0.4) is 0 Å². The van der Waals surface area contributed by atoms with Crippen LogP contribution in [-0.2, 0) is 16.1 Å². The van der Waals surface area contributed by atoms with Gasteiger partial charge in [-0.25, -0.2) is 13.2 Å². The lowest BCUT2D eigenvalue weighted by Gasteiger charge is -2.15. The number of nitrogens with one attached hydrogen (secondary N) is 1. The molecule has 0 spiro atoms. The predicted octanol–water partition coefficient (Wildman–Crippen LogP) is 4.04. The molecule has 1 N–H and O–H groups in total. The van der Waals surface area contributed by atoms with Crippen molar-refractivity contribution in [2.45, 2.75) is 18.9 Å². The number of alkyl halides is 4. The van der Waals surface area contributed by atoms with Crippen LogP contribution in [-0.4, -0.2) is 48.4 Å². The minimum Gasteiger partial charge on any atom is -0.373 e. The summed E-state index contributed by atoms with van der Waals surface area (Å²) in [6, 6.07) is 12.8. The van der Waals surface area contributed by atoms with Gasteiger partial charge in [-0.2, -0.15) is 8.78 Å². The number of para-hydroxylation sites is 1. The van der Waals surface area contributed by atoms with Gasteiger partial charge >= 0.3 is 12.3 Å². The lowest BCUT2D eigenvalue weighted by molar-refractivity contribution is -0.165. The molecule has 0 aliphatic rings. The summed E-state index contributed by atoms with van der Waals surface area (Å²) >= 11 is 0. The maximum atomic E-state index is 13.1. The van der Waals surface area contributed by atoms with Crippen LogP contribution < -0.4 is 5.32 Å². The molecular formula is C22H19F5N2O3. The molecule has 0 fully saturated rings. The second-order valence-corrected chi connectivity index (χ2v) is 7.01. The van der Waals surface area contributed by atoms with Crippen molar-refractivity contribution < 1.29 is 36.3 Å². The van der Waals surface area contributed by atoms with Crippen LogP contribution in [0.15, 0.2) is 54.7 Å². The number of ether oxygens (including phenoxy) is 1. The summed E-state index contributed by atoms with van der Waals surface area (Å²) in [4.78, 5) is 24.9. The summed E-state index contributed by atoms with van der Waals surface area (Å²) in [7, 11) is 0. The van der Waals surface area contributed by atoms with E-state index >= 15 is 0 Å². The number of carbonyl (C=O) groups excluding carboxylic acids is 2. The van der Waals surface area contributed by atoms with Gasteiger partial charge in [-0.1, -0.05) is 30.3 Å². The van der Waals surface area contributed by atoms with E-state index in [1.807, 2.05) is 0 Å². The highest BCUT2D eigenvalue weighted by Crippen LogP contribution is 2.24. The van der Waals surface area contributed by atoms with Gasteiger partial charge in [-0.15, -0.1) is 0 Å². The summed E-state index contributed by atoms with van der Waals surface area (Å²) in [5.74, 6) is -6.50. The van der Waals surface area contributed by atoms with Crippen LogP contribution in [0.25, 0.3) is 10.9 Å². The van der Waals surface area contributed by atoms with Gasteiger partial charge in [0.15, 0.2) is 0 Å². The highest BCUT2D eigenvalue weighted by Gasteiger charge is 2.40. The minimum atomic E-state index is -4.29. The van der Waals surface area contributed by atoms with E-state index < -0.39 is 37.3 Å². The zero-order valence-corrected chi connectivity index (χ0v) is 16.7. The molecule has 1 heterocycles. The number of carbonyl (C=O) groups is 2. The molecule has 0 saturated carbocycles. The van der Waals surface area contributed by atoms with E-state index in [9.17, 15) is 31.5 Å². The molecule has 0 radical (unpaired) electrons. The third-order valence-corrected chi connectivity index (χ3v) is 4.65. The summed E-state index contributed by atoms with van der Waals surface area (Å²) in [6.45, 7) is -1.93. The maximum absolute atomic E-state index is 13.1. The van der Waals surface area contributed by atoms with Crippen LogP contribution >= 0.6 is 0 Å². The van der Waals surface area contributed by atoms with E-state index in [2.05, 4.69) is 10.1 Å². The minimum absolute atomic E-state index is 0.130. The Morgan fingerprint density at radius 2 is 1.75 bits per heavy atom. The zero-order chi connectivity index (χ0) is 23.3. The third kappa shape index (κ3) is 5.50. The number of Topliss-reactive ketones (excluding diaryl/α,β-unsaturated/α-hetero) is 1. The first kappa shape index (κ1) is 23.4. The first-order valence-electron chi connectivity index (χ1n) is 9.57. The van der Waals surface area contributed by atoms with Gasteiger partial charge in [-0.05, 0) is 23.8 Å². The summed E-state index contributed by atoms with van der Waals surface area (Å²) in [5, 5.41) is 2.76. The van der Waals surface area contributed by atoms with Crippen LogP contribution in [0.4, 0.5) is 22.0 Å². The number of ketones is 1. The Morgan fingerprint density at radius 1 is 1.06 bits per heavy atom. The maximum Gasteiger partial charge on any atom is 0.330 e. The molecule has 0 unspecified atom stereocenters. The summed E-state index contributed by atoms with van der Waals surface area (Å²) < 4.78 is 69.0. The molecule has 10 heteroatoms. The van der Waals surface area contributed by atoms with Crippen LogP contribution in [0.2, 0.25) is 0 Å².